The van der Waals surface area contributed by atoms with Crippen LogP contribution in [0.5, 0.6) is 0 Å². The Kier molecular flexibility index (Phi) is 5.05. The SMILES string of the molecule is C=CCCCC(NC)c1cnccc1C. The minimum Gasteiger partial charge on any atom is -0.313 e. The van der Waals surface area contributed by atoms with Gasteiger partial charge in [-0.15, -0.1) is 6.58 Å². The second-order valence-corrected chi connectivity index (χ2v) is 3.79. The van der Waals surface area contributed by atoms with E-state index in [4.69, 9.17) is 0 Å². The van der Waals surface area contributed by atoms with Gasteiger partial charge in [-0.05, 0) is 50.4 Å². The lowest BCUT2D eigenvalue weighted by atomic mass is 9.99. The van der Waals surface area contributed by atoms with Gasteiger partial charge in [0.05, 0.1) is 0 Å². The summed E-state index contributed by atoms with van der Waals surface area (Å²) in [6.07, 6.45) is 9.17. The standard InChI is InChI=1S/C13H20N2/c1-4-5-6-7-13(14-3)12-10-15-9-8-11(12)2/h4,8-10,13-14H,1,5-7H2,2-3H3. The number of aromatic nitrogens is 1. The number of nitrogens with one attached hydrogen (secondary N) is 1. The van der Waals surface area contributed by atoms with Gasteiger partial charge >= 0.3 is 0 Å². The zero-order valence-electron chi connectivity index (χ0n) is 9.66. The van der Waals surface area contributed by atoms with Crippen LogP contribution in [-0.2, 0) is 0 Å². The van der Waals surface area contributed by atoms with Crippen molar-refractivity contribution in [2.24, 2.45) is 0 Å². The molecule has 1 aromatic rings. The van der Waals surface area contributed by atoms with Gasteiger partial charge in [0.2, 0.25) is 0 Å². The van der Waals surface area contributed by atoms with Crippen LogP contribution in [0.2, 0.25) is 0 Å². The fourth-order valence-electron chi connectivity index (χ4n) is 1.76. The van der Waals surface area contributed by atoms with Crippen molar-refractivity contribution < 1.29 is 0 Å². The summed E-state index contributed by atoms with van der Waals surface area (Å²) in [6, 6.07) is 2.48. The van der Waals surface area contributed by atoms with Gasteiger partial charge in [0.1, 0.15) is 0 Å². The quantitative estimate of drug-likeness (QED) is 0.569. The fraction of sp³-hybridized carbons (Fsp3) is 0.462. The van der Waals surface area contributed by atoms with Gasteiger partial charge in [0, 0.05) is 18.4 Å². The first kappa shape index (κ1) is 11.9. The number of hydrogen-bond donors (Lipinski definition) is 1. The van der Waals surface area contributed by atoms with E-state index in [-0.39, 0.29) is 0 Å². The van der Waals surface area contributed by atoms with Crippen LogP contribution in [0.25, 0.3) is 0 Å². The molecule has 1 unspecified atom stereocenters. The van der Waals surface area contributed by atoms with Crippen molar-refractivity contribution in [3.8, 4) is 0 Å². The third-order valence-corrected chi connectivity index (χ3v) is 2.70. The first-order valence-corrected chi connectivity index (χ1v) is 5.48. The summed E-state index contributed by atoms with van der Waals surface area (Å²) in [5.74, 6) is 0. The van der Waals surface area contributed by atoms with Gasteiger partial charge in [-0.25, -0.2) is 0 Å². The van der Waals surface area contributed by atoms with E-state index in [1.54, 1.807) is 0 Å². The monoisotopic (exact) mass is 204 g/mol. The molecule has 1 rings (SSSR count). The van der Waals surface area contributed by atoms with Crippen LogP contribution in [0.1, 0.15) is 36.4 Å². The number of unbranched alkanes of at least 4 members (excludes halogenated alkanes) is 1. The maximum atomic E-state index is 4.18. The lowest BCUT2D eigenvalue weighted by Gasteiger charge is -2.17. The zero-order valence-corrected chi connectivity index (χ0v) is 9.66. The molecule has 0 saturated carbocycles. The molecule has 15 heavy (non-hydrogen) atoms. The molecule has 1 atom stereocenters. The number of pyridine rings is 1. The van der Waals surface area contributed by atoms with Gasteiger partial charge in [-0.2, -0.15) is 0 Å². The molecule has 2 heteroatoms. The second-order valence-electron chi connectivity index (χ2n) is 3.79. The number of nitrogens with zero attached hydrogens (tertiary/aromatic N) is 1. The van der Waals surface area contributed by atoms with Crippen LogP contribution in [0.3, 0.4) is 0 Å². The molecular weight excluding hydrogens is 184 g/mol. The highest BCUT2D eigenvalue weighted by molar-refractivity contribution is 5.24. The third-order valence-electron chi connectivity index (χ3n) is 2.70. The molecule has 0 saturated heterocycles. The Morgan fingerprint density at radius 1 is 1.60 bits per heavy atom. The molecule has 1 aromatic heterocycles. The summed E-state index contributed by atoms with van der Waals surface area (Å²) >= 11 is 0. The van der Waals surface area contributed by atoms with Crippen LogP contribution in [-0.4, -0.2) is 12.0 Å². The molecule has 0 bridgehead atoms. The van der Waals surface area contributed by atoms with E-state index in [1.807, 2.05) is 25.5 Å². The lowest BCUT2D eigenvalue weighted by Crippen LogP contribution is -2.17. The zero-order chi connectivity index (χ0) is 11.1. The van der Waals surface area contributed by atoms with Crippen molar-refractivity contribution >= 4 is 0 Å². The molecule has 0 fully saturated rings. The van der Waals surface area contributed by atoms with Gasteiger partial charge in [-0.3, -0.25) is 4.98 Å². The van der Waals surface area contributed by atoms with Crippen molar-refractivity contribution in [3.63, 3.8) is 0 Å². The van der Waals surface area contributed by atoms with Crippen molar-refractivity contribution in [2.75, 3.05) is 7.05 Å². The van der Waals surface area contributed by atoms with Crippen LogP contribution >= 0.6 is 0 Å². The van der Waals surface area contributed by atoms with Gasteiger partial charge in [0.15, 0.2) is 0 Å². The lowest BCUT2D eigenvalue weighted by molar-refractivity contribution is 0.526. The summed E-state index contributed by atoms with van der Waals surface area (Å²) in [4.78, 5) is 4.18. The Morgan fingerprint density at radius 3 is 3.00 bits per heavy atom. The minimum absolute atomic E-state index is 0.415. The largest absolute Gasteiger partial charge is 0.313 e. The molecule has 0 aliphatic rings. The van der Waals surface area contributed by atoms with E-state index in [0.29, 0.717) is 6.04 Å². The summed E-state index contributed by atoms with van der Waals surface area (Å²) in [6.45, 7) is 5.87. The number of aryl methyl sites for hydroxylation is 1. The molecule has 0 aliphatic carbocycles. The first-order chi connectivity index (χ1) is 7.29. The normalized spacial score (nSPS) is 12.4. The van der Waals surface area contributed by atoms with Crippen molar-refractivity contribution in [1.82, 2.24) is 10.3 Å². The summed E-state index contributed by atoms with van der Waals surface area (Å²) < 4.78 is 0. The molecule has 82 valence electrons. The first-order valence-electron chi connectivity index (χ1n) is 5.48. The van der Waals surface area contributed by atoms with Crippen LogP contribution in [0, 0.1) is 6.92 Å². The smallest absolute Gasteiger partial charge is 0.0335 e. The Balaban J connectivity index is 2.65. The molecule has 1 heterocycles. The number of allylic oxidation sites excluding steroid dienone is 1. The Hall–Kier alpha value is -1.15. The van der Waals surface area contributed by atoms with E-state index < -0.39 is 0 Å². The Morgan fingerprint density at radius 2 is 2.40 bits per heavy atom. The predicted molar refractivity (Wildman–Crippen MR) is 64.8 cm³/mol. The van der Waals surface area contributed by atoms with Crippen LogP contribution < -0.4 is 5.32 Å². The number of hydrogen-bond acceptors (Lipinski definition) is 2. The van der Waals surface area contributed by atoms with Gasteiger partial charge in [-0.1, -0.05) is 6.08 Å². The summed E-state index contributed by atoms with van der Waals surface area (Å²) in [7, 11) is 2.00. The second kappa shape index (κ2) is 6.36. The molecular formula is C13H20N2. The highest BCUT2D eigenvalue weighted by Crippen LogP contribution is 2.21. The molecule has 0 aliphatic heterocycles. The van der Waals surface area contributed by atoms with E-state index >= 15 is 0 Å². The molecule has 2 nitrogen and oxygen atoms in total. The maximum absolute atomic E-state index is 4.18. The molecule has 0 radical (unpaired) electrons. The summed E-state index contributed by atoms with van der Waals surface area (Å²) in [5.41, 5.74) is 2.62. The predicted octanol–water partition coefficient (Wildman–Crippen LogP) is 3.01. The third kappa shape index (κ3) is 3.48. The van der Waals surface area contributed by atoms with Crippen molar-refractivity contribution in [1.29, 1.82) is 0 Å². The topological polar surface area (TPSA) is 24.9 Å². The van der Waals surface area contributed by atoms with E-state index in [1.165, 1.54) is 17.5 Å². The van der Waals surface area contributed by atoms with Gasteiger partial charge in [0.25, 0.3) is 0 Å². The maximum Gasteiger partial charge on any atom is 0.0335 e. The highest BCUT2D eigenvalue weighted by atomic mass is 14.9. The molecule has 0 spiro atoms. The average molecular weight is 204 g/mol. The van der Waals surface area contributed by atoms with E-state index in [9.17, 15) is 0 Å². The Bertz CT molecular complexity index is 307. The minimum atomic E-state index is 0.415. The molecule has 0 amide bonds. The molecule has 0 aromatic carbocycles. The van der Waals surface area contributed by atoms with E-state index in [0.717, 1.165) is 12.8 Å². The summed E-state index contributed by atoms with van der Waals surface area (Å²) in [5, 5.41) is 3.34. The van der Waals surface area contributed by atoms with Crippen molar-refractivity contribution in [2.45, 2.75) is 32.2 Å². The van der Waals surface area contributed by atoms with E-state index in [2.05, 4.69) is 29.9 Å². The van der Waals surface area contributed by atoms with Gasteiger partial charge < -0.3 is 5.32 Å². The Labute approximate surface area is 92.4 Å². The van der Waals surface area contributed by atoms with Crippen LogP contribution in [0.4, 0.5) is 0 Å². The van der Waals surface area contributed by atoms with Crippen molar-refractivity contribution in [3.05, 3.63) is 42.2 Å². The highest BCUT2D eigenvalue weighted by Gasteiger charge is 2.10. The van der Waals surface area contributed by atoms with Crippen LogP contribution in [0.15, 0.2) is 31.1 Å². The fourth-order valence-corrected chi connectivity index (χ4v) is 1.76. The number of rotatable bonds is 6. The average Bonchev–Trinajstić information content (AvgIpc) is 2.26. The molecule has 1 N–H and O–H groups in total.